The molecule has 0 aliphatic heterocycles. The molecule has 0 radical (unpaired) electrons. The number of phenolic OH excluding ortho intramolecular Hbond substituents is 1. The molecule has 0 bridgehead atoms. The molecule has 19 heavy (non-hydrogen) atoms. The van der Waals surface area contributed by atoms with E-state index in [4.69, 9.17) is 4.74 Å². The zero-order chi connectivity index (χ0) is 14.1. The molecule has 0 aliphatic carbocycles. The van der Waals surface area contributed by atoms with E-state index in [0.29, 0.717) is 11.8 Å². The summed E-state index contributed by atoms with van der Waals surface area (Å²) in [4.78, 5) is 0. The van der Waals surface area contributed by atoms with Crippen molar-refractivity contribution in [3.63, 3.8) is 0 Å². The second kappa shape index (κ2) is 8.81. The van der Waals surface area contributed by atoms with E-state index in [1.807, 2.05) is 12.1 Å². The molecular weight excluding hydrogens is 238 g/mol. The van der Waals surface area contributed by atoms with Crippen molar-refractivity contribution in [1.82, 2.24) is 5.32 Å². The molecule has 108 valence electrons. The Morgan fingerprint density at radius 2 is 2.05 bits per heavy atom. The number of nitrogens with one attached hydrogen (secondary N) is 1. The van der Waals surface area contributed by atoms with Crippen molar-refractivity contribution in [2.75, 3.05) is 7.11 Å². The van der Waals surface area contributed by atoms with Gasteiger partial charge in [-0.2, -0.15) is 0 Å². The number of methoxy groups -OCH3 is 1. The predicted molar refractivity (Wildman–Crippen MR) is 79.7 cm³/mol. The fourth-order valence-corrected chi connectivity index (χ4v) is 2.10. The topological polar surface area (TPSA) is 41.5 Å². The summed E-state index contributed by atoms with van der Waals surface area (Å²) in [6.45, 7) is 5.27. The van der Waals surface area contributed by atoms with Gasteiger partial charge in [0.15, 0.2) is 11.5 Å². The van der Waals surface area contributed by atoms with Crippen molar-refractivity contribution in [1.29, 1.82) is 0 Å². The van der Waals surface area contributed by atoms with Crippen LogP contribution in [0.5, 0.6) is 11.5 Å². The fourth-order valence-electron chi connectivity index (χ4n) is 2.10. The Morgan fingerprint density at radius 1 is 1.26 bits per heavy atom. The van der Waals surface area contributed by atoms with Crippen LogP contribution in [0.3, 0.4) is 0 Å². The number of ether oxygens (including phenoxy) is 1. The molecule has 0 spiro atoms. The Hall–Kier alpha value is -1.22. The molecule has 1 rings (SSSR count). The molecule has 1 unspecified atom stereocenters. The van der Waals surface area contributed by atoms with E-state index in [2.05, 4.69) is 19.2 Å². The molecule has 0 saturated carbocycles. The first-order valence-electron chi connectivity index (χ1n) is 7.26. The molecule has 2 N–H and O–H groups in total. The average molecular weight is 265 g/mol. The van der Waals surface area contributed by atoms with Crippen LogP contribution in [0.4, 0.5) is 0 Å². The van der Waals surface area contributed by atoms with E-state index in [0.717, 1.165) is 12.1 Å². The second-order valence-electron chi connectivity index (χ2n) is 5.14. The lowest BCUT2D eigenvalue weighted by molar-refractivity contribution is 0.372. The smallest absolute Gasteiger partial charge is 0.160 e. The summed E-state index contributed by atoms with van der Waals surface area (Å²) in [5.74, 6) is 0.730. The monoisotopic (exact) mass is 265 g/mol. The molecule has 0 aromatic heterocycles. The van der Waals surface area contributed by atoms with Gasteiger partial charge in [0.2, 0.25) is 0 Å². The Balaban J connectivity index is 2.31. The number of hydrogen-bond acceptors (Lipinski definition) is 3. The van der Waals surface area contributed by atoms with Gasteiger partial charge in [-0.3, -0.25) is 0 Å². The van der Waals surface area contributed by atoms with Gasteiger partial charge in [0.25, 0.3) is 0 Å². The van der Waals surface area contributed by atoms with Crippen LogP contribution in [0, 0.1) is 0 Å². The van der Waals surface area contributed by atoms with Crippen LogP contribution < -0.4 is 10.1 Å². The summed E-state index contributed by atoms with van der Waals surface area (Å²) in [6, 6.07) is 6.01. The molecule has 3 nitrogen and oxygen atoms in total. The number of hydrogen-bond donors (Lipinski definition) is 2. The van der Waals surface area contributed by atoms with Crippen LogP contribution in [-0.4, -0.2) is 18.3 Å². The highest BCUT2D eigenvalue weighted by Gasteiger charge is 2.05. The van der Waals surface area contributed by atoms with Crippen molar-refractivity contribution >= 4 is 0 Å². The van der Waals surface area contributed by atoms with Gasteiger partial charge in [0, 0.05) is 12.6 Å². The van der Waals surface area contributed by atoms with E-state index < -0.39 is 0 Å². The first-order valence-corrected chi connectivity index (χ1v) is 7.26. The van der Waals surface area contributed by atoms with Crippen LogP contribution in [0.15, 0.2) is 18.2 Å². The van der Waals surface area contributed by atoms with E-state index in [1.54, 1.807) is 13.2 Å². The lowest BCUT2D eigenvalue weighted by Crippen LogP contribution is -2.25. The Labute approximate surface area is 117 Å². The van der Waals surface area contributed by atoms with Crippen molar-refractivity contribution in [3.8, 4) is 11.5 Å². The van der Waals surface area contributed by atoms with Crippen LogP contribution in [0.2, 0.25) is 0 Å². The summed E-state index contributed by atoms with van der Waals surface area (Å²) >= 11 is 0. The molecule has 0 heterocycles. The van der Waals surface area contributed by atoms with E-state index in [-0.39, 0.29) is 5.75 Å². The van der Waals surface area contributed by atoms with Gasteiger partial charge in [-0.05, 0) is 31.0 Å². The average Bonchev–Trinajstić information content (AvgIpc) is 2.42. The van der Waals surface area contributed by atoms with Gasteiger partial charge >= 0.3 is 0 Å². The van der Waals surface area contributed by atoms with Crippen LogP contribution in [0.1, 0.15) is 51.5 Å². The zero-order valence-corrected chi connectivity index (χ0v) is 12.4. The number of rotatable bonds is 9. The summed E-state index contributed by atoms with van der Waals surface area (Å²) in [5.41, 5.74) is 1.13. The van der Waals surface area contributed by atoms with Gasteiger partial charge in [0.05, 0.1) is 7.11 Å². The molecule has 1 aromatic carbocycles. The quantitative estimate of drug-likeness (QED) is 0.666. The summed E-state index contributed by atoms with van der Waals surface area (Å²) in [5, 5.41) is 13.0. The van der Waals surface area contributed by atoms with Gasteiger partial charge in [-0.15, -0.1) is 0 Å². The van der Waals surface area contributed by atoms with Crippen molar-refractivity contribution in [2.24, 2.45) is 0 Å². The standard InChI is InChI=1S/C16H27NO2/c1-4-5-6-7-8-13(2)17-12-14-9-10-15(18)16(11-14)19-3/h9-11,13,17-18H,4-8,12H2,1-3H3. The summed E-state index contributed by atoms with van der Waals surface area (Å²) in [7, 11) is 1.57. The normalized spacial score (nSPS) is 12.4. The predicted octanol–water partition coefficient (Wildman–Crippen LogP) is 3.85. The Morgan fingerprint density at radius 3 is 2.74 bits per heavy atom. The van der Waals surface area contributed by atoms with Crippen molar-refractivity contribution < 1.29 is 9.84 Å². The highest BCUT2D eigenvalue weighted by Crippen LogP contribution is 2.26. The Kier molecular flexibility index (Phi) is 7.34. The van der Waals surface area contributed by atoms with Gasteiger partial charge < -0.3 is 15.2 Å². The minimum atomic E-state index is 0.193. The van der Waals surface area contributed by atoms with Crippen LogP contribution in [-0.2, 0) is 6.54 Å². The van der Waals surface area contributed by atoms with Crippen molar-refractivity contribution in [3.05, 3.63) is 23.8 Å². The molecule has 0 fully saturated rings. The third-order valence-electron chi connectivity index (χ3n) is 3.39. The Bertz CT molecular complexity index is 366. The number of aromatic hydroxyl groups is 1. The summed E-state index contributed by atoms with van der Waals surface area (Å²) in [6.07, 6.45) is 6.46. The maximum Gasteiger partial charge on any atom is 0.160 e. The van der Waals surface area contributed by atoms with Gasteiger partial charge in [0.1, 0.15) is 0 Å². The van der Waals surface area contributed by atoms with Crippen molar-refractivity contribution in [2.45, 2.75) is 58.5 Å². The highest BCUT2D eigenvalue weighted by molar-refractivity contribution is 5.41. The minimum absolute atomic E-state index is 0.193. The molecule has 1 aromatic rings. The lowest BCUT2D eigenvalue weighted by atomic mass is 10.1. The molecule has 1 atom stereocenters. The SMILES string of the molecule is CCCCCCC(C)NCc1ccc(O)c(OC)c1. The largest absolute Gasteiger partial charge is 0.504 e. The minimum Gasteiger partial charge on any atom is -0.504 e. The first-order chi connectivity index (χ1) is 9.17. The molecule has 0 saturated heterocycles. The van der Waals surface area contributed by atoms with Crippen LogP contribution >= 0.6 is 0 Å². The highest BCUT2D eigenvalue weighted by atomic mass is 16.5. The third-order valence-corrected chi connectivity index (χ3v) is 3.39. The van der Waals surface area contributed by atoms with E-state index in [1.165, 1.54) is 32.1 Å². The molecule has 0 amide bonds. The lowest BCUT2D eigenvalue weighted by Gasteiger charge is -2.14. The fraction of sp³-hybridized carbons (Fsp3) is 0.625. The number of benzene rings is 1. The number of phenols is 1. The first kappa shape index (κ1) is 15.8. The van der Waals surface area contributed by atoms with E-state index in [9.17, 15) is 5.11 Å². The molecular formula is C16H27NO2. The number of unbranched alkanes of at least 4 members (excludes halogenated alkanes) is 3. The van der Waals surface area contributed by atoms with E-state index >= 15 is 0 Å². The summed E-state index contributed by atoms with van der Waals surface area (Å²) < 4.78 is 5.11. The maximum absolute atomic E-state index is 9.53. The van der Waals surface area contributed by atoms with Crippen LogP contribution in [0.25, 0.3) is 0 Å². The third kappa shape index (κ3) is 5.97. The molecule has 3 heteroatoms. The van der Waals surface area contributed by atoms with Gasteiger partial charge in [-0.1, -0.05) is 38.7 Å². The second-order valence-corrected chi connectivity index (χ2v) is 5.14. The maximum atomic E-state index is 9.53. The molecule has 0 aliphatic rings. The zero-order valence-electron chi connectivity index (χ0n) is 12.4. The van der Waals surface area contributed by atoms with Gasteiger partial charge in [-0.25, -0.2) is 0 Å².